The van der Waals surface area contributed by atoms with Crippen molar-refractivity contribution < 1.29 is 14.3 Å². The van der Waals surface area contributed by atoms with Gasteiger partial charge in [0.1, 0.15) is 17.3 Å². The number of carbonyl (C=O) groups is 1. The van der Waals surface area contributed by atoms with Crippen molar-refractivity contribution in [2.75, 3.05) is 32.2 Å². The Bertz CT molecular complexity index is 895. The van der Waals surface area contributed by atoms with E-state index in [9.17, 15) is 4.79 Å². The minimum Gasteiger partial charge on any atom is -0.496 e. The molecule has 1 heterocycles. The normalized spacial score (nSPS) is 13.6. The second-order valence-electron chi connectivity index (χ2n) is 6.79. The fourth-order valence-corrected chi connectivity index (χ4v) is 3.84. The summed E-state index contributed by atoms with van der Waals surface area (Å²) in [7, 11) is 3.14. The third-order valence-corrected chi connectivity index (χ3v) is 5.42. The Balaban J connectivity index is 1.96. The predicted molar refractivity (Wildman–Crippen MR) is 116 cm³/mol. The highest BCUT2D eigenvalue weighted by molar-refractivity contribution is 9.10. The number of ketones is 1. The molecule has 3 rings (SSSR count). The van der Waals surface area contributed by atoms with Crippen LogP contribution in [-0.4, -0.2) is 38.9 Å². The van der Waals surface area contributed by atoms with Crippen molar-refractivity contribution in [2.24, 2.45) is 4.99 Å². The molecule has 0 aromatic heterocycles. The Labute approximate surface area is 174 Å². The summed E-state index contributed by atoms with van der Waals surface area (Å²) >= 11 is 3.47. The number of aliphatic imine (C=N–C) groups is 1. The molecule has 0 saturated heterocycles. The second-order valence-corrected chi connectivity index (χ2v) is 7.64. The highest BCUT2D eigenvalue weighted by Gasteiger charge is 2.23. The lowest BCUT2D eigenvalue weighted by atomic mass is 10.1. The fraction of sp³-hybridized carbons (Fsp3) is 0.364. The molecule has 2 aromatic carbocycles. The smallest absolute Gasteiger partial charge is 0.186 e. The van der Waals surface area contributed by atoms with E-state index in [0.717, 1.165) is 47.4 Å². The topological polar surface area (TPSA) is 51.1 Å². The number of halogens is 1. The summed E-state index contributed by atoms with van der Waals surface area (Å²) in [5.74, 6) is 2.06. The first-order valence-electron chi connectivity index (χ1n) is 9.35. The monoisotopic (exact) mass is 444 g/mol. The zero-order valence-electron chi connectivity index (χ0n) is 16.5. The van der Waals surface area contributed by atoms with Crippen LogP contribution in [0.15, 0.2) is 45.9 Å². The number of Topliss-reactive ketones (excluding diaryl/α,β-unsaturated/α-hetero) is 1. The Morgan fingerprint density at radius 3 is 2.57 bits per heavy atom. The number of carbonyl (C=O) groups excluding carboxylic acids is 1. The number of anilines is 1. The van der Waals surface area contributed by atoms with Gasteiger partial charge in [0, 0.05) is 24.7 Å². The van der Waals surface area contributed by atoms with Crippen molar-refractivity contribution in [2.45, 2.75) is 26.2 Å². The number of benzene rings is 2. The number of methoxy groups -OCH3 is 2. The minimum atomic E-state index is -0.0324. The lowest BCUT2D eigenvalue weighted by Gasteiger charge is -2.28. The van der Waals surface area contributed by atoms with Crippen LogP contribution < -0.4 is 14.4 Å². The summed E-state index contributed by atoms with van der Waals surface area (Å²) in [5.41, 5.74) is 2.65. The van der Waals surface area contributed by atoms with E-state index >= 15 is 0 Å². The maximum Gasteiger partial charge on any atom is 0.186 e. The Hall–Kier alpha value is -2.34. The number of ether oxygens (including phenoxy) is 2. The van der Waals surface area contributed by atoms with Gasteiger partial charge in [-0.3, -0.25) is 9.79 Å². The van der Waals surface area contributed by atoms with Gasteiger partial charge in [-0.25, -0.2) is 0 Å². The number of aryl methyl sites for hydroxylation is 1. The van der Waals surface area contributed by atoms with Gasteiger partial charge < -0.3 is 14.4 Å². The van der Waals surface area contributed by atoms with Gasteiger partial charge in [0.2, 0.25) is 0 Å². The highest BCUT2D eigenvalue weighted by Crippen LogP contribution is 2.33. The molecule has 148 valence electrons. The second kappa shape index (κ2) is 9.24. The van der Waals surface area contributed by atoms with E-state index in [1.807, 2.05) is 17.0 Å². The standard InChI is InChI=1S/C22H25BrN2O3/c1-15-7-6-8-16(11-15)25(22-9-4-5-10-24-22)14-19(26)17-12-18(23)21(28-3)13-20(17)27-2/h6-8,11-13H,4-5,9-10,14H2,1-3H3. The van der Waals surface area contributed by atoms with Gasteiger partial charge in [-0.15, -0.1) is 0 Å². The van der Waals surface area contributed by atoms with Gasteiger partial charge in [-0.1, -0.05) is 12.1 Å². The van der Waals surface area contributed by atoms with Crippen molar-refractivity contribution >= 4 is 33.2 Å². The third-order valence-electron chi connectivity index (χ3n) is 4.80. The Morgan fingerprint density at radius 1 is 1.14 bits per heavy atom. The summed E-state index contributed by atoms with van der Waals surface area (Å²) in [6.07, 6.45) is 3.07. The van der Waals surface area contributed by atoms with Crippen LogP contribution in [0.3, 0.4) is 0 Å². The molecule has 0 N–H and O–H groups in total. The van der Waals surface area contributed by atoms with Crippen LogP contribution in [0, 0.1) is 6.92 Å². The van der Waals surface area contributed by atoms with Crippen molar-refractivity contribution in [1.29, 1.82) is 0 Å². The maximum absolute atomic E-state index is 13.2. The molecule has 0 amide bonds. The molecule has 0 spiro atoms. The van der Waals surface area contributed by atoms with Crippen LogP contribution in [-0.2, 0) is 0 Å². The van der Waals surface area contributed by atoms with E-state index in [1.54, 1.807) is 26.4 Å². The molecule has 0 radical (unpaired) electrons. The maximum atomic E-state index is 13.2. The fourth-order valence-electron chi connectivity index (χ4n) is 3.34. The van der Waals surface area contributed by atoms with Crippen LogP contribution in [0.5, 0.6) is 11.5 Å². The molecule has 0 fully saturated rings. The zero-order valence-corrected chi connectivity index (χ0v) is 18.1. The molecule has 1 aliphatic heterocycles. The predicted octanol–water partition coefficient (Wildman–Crippen LogP) is 5.05. The quantitative estimate of drug-likeness (QED) is 0.585. The van der Waals surface area contributed by atoms with Gasteiger partial charge in [0.05, 0.1) is 30.8 Å². The molecule has 28 heavy (non-hydrogen) atoms. The molecule has 1 aliphatic rings. The lowest BCUT2D eigenvalue weighted by molar-refractivity contribution is 0.0999. The molecule has 0 bridgehead atoms. The van der Waals surface area contributed by atoms with Crippen molar-refractivity contribution in [1.82, 2.24) is 0 Å². The van der Waals surface area contributed by atoms with E-state index in [0.29, 0.717) is 17.1 Å². The number of nitrogens with zero attached hydrogens (tertiary/aromatic N) is 2. The highest BCUT2D eigenvalue weighted by atomic mass is 79.9. The van der Waals surface area contributed by atoms with E-state index < -0.39 is 0 Å². The first-order chi connectivity index (χ1) is 13.5. The molecule has 6 heteroatoms. The van der Waals surface area contributed by atoms with Gasteiger partial charge in [-0.05, 0) is 59.5 Å². The van der Waals surface area contributed by atoms with Crippen LogP contribution in [0.4, 0.5) is 5.69 Å². The summed E-state index contributed by atoms with van der Waals surface area (Å²) in [6.45, 7) is 3.07. The largest absolute Gasteiger partial charge is 0.496 e. The average Bonchev–Trinajstić information content (AvgIpc) is 2.72. The zero-order chi connectivity index (χ0) is 20.1. The number of amidine groups is 1. The summed E-state index contributed by atoms with van der Waals surface area (Å²) in [4.78, 5) is 20.0. The van der Waals surface area contributed by atoms with E-state index in [4.69, 9.17) is 14.5 Å². The van der Waals surface area contributed by atoms with Crippen molar-refractivity contribution in [3.8, 4) is 11.5 Å². The van der Waals surface area contributed by atoms with E-state index in [1.165, 1.54) is 0 Å². The Kier molecular flexibility index (Phi) is 6.73. The van der Waals surface area contributed by atoms with Crippen LogP contribution >= 0.6 is 15.9 Å². The first kappa shape index (κ1) is 20.4. The minimum absolute atomic E-state index is 0.0324. The molecule has 5 nitrogen and oxygen atoms in total. The van der Waals surface area contributed by atoms with Crippen LogP contribution in [0.25, 0.3) is 0 Å². The van der Waals surface area contributed by atoms with Gasteiger partial charge in [0.15, 0.2) is 5.78 Å². The van der Waals surface area contributed by atoms with Crippen molar-refractivity contribution in [3.63, 3.8) is 0 Å². The summed E-state index contributed by atoms with van der Waals surface area (Å²) in [6, 6.07) is 11.7. The van der Waals surface area contributed by atoms with Crippen LogP contribution in [0.1, 0.15) is 35.2 Å². The third kappa shape index (κ3) is 4.55. The molecular formula is C22H25BrN2O3. The van der Waals surface area contributed by atoms with E-state index in [2.05, 4.69) is 35.0 Å². The lowest BCUT2D eigenvalue weighted by Crippen LogP contribution is -2.37. The summed E-state index contributed by atoms with van der Waals surface area (Å²) in [5, 5.41) is 0. The van der Waals surface area contributed by atoms with Gasteiger partial charge in [0.25, 0.3) is 0 Å². The SMILES string of the molecule is COc1cc(OC)c(C(=O)CN(C2=NCCCC2)c2cccc(C)c2)cc1Br. The van der Waals surface area contributed by atoms with Gasteiger partial charge >= 0.3 is 0 Å². The Morgan fingerprint density at radius 2 is 1.93 bits per heavy atom. The molecule has 0 atom stereocenters. The molecule has 0 aliphatic carbocycles. The number of hydrogen-bond acceptors (Lipinski definition) is 5. The average molecular weight is 445 g/mol. The molecule has 2 aromatic rings. The first-order valence-corrected chi connectivity index (χ1v) is 10.1. The van der Waals surface area contributed by atoms with Gasteiger partial charge in [-0.2, -0.15) is 0 Å². The van der Waals surface area contributed by atoms with Crippen LogP contribution in [0.2, 0.25) is 0 Å². The van der Waals surface area contributed by atoms with E-state index in [-0.39, 0.29) is 12.3 Å². The number of rotatable bonds is 6. The number of hydrogen-bond donors (Lipinski definition) is 0. The molecule has 0 unspecified atom stereocenters. The van der Waals surface area contributed by atoms with Crippen molar-refractivity contribution in [3.05, 3.63) is 52.0 Å². The summed E-state index contributed by atoms with van der Waals surface area (Å²) < 4.78 is 11.5. The molecule has 0 saturated carbocycles. The molecular weight excluding hydrogens is 420 g/mol.